The van der Waals surface area contributed by atoms with Crippen LogP contribution in [0.25, 0.3) is 0 Å². The van der Waals surface area contributed by atoms with Gasteiger partial charge in [-0.3, -0.25) is 4.79 Å². The Kier molecular flexibility index (Phi) is 7.95. The molecule has 1 aliphatic heterocycles. The predicted octanol–water partition coefficient (Wildman–Crippen LogP) is 3.61. The van der Waals surface area contributed by atoms with Crippen LogP contribution in [0.5, 0.6) is 5.75 Å². The molecule has 140 valence electrons. The number of amides is 1. The molecule has 1 aliphatic rings. The second kappa shape index (κ2) is 10.2. The van der Waals surface area contributed by atoms with Crippen LogP contribution in [-0.4, -0.2) is 37.6 Å². The van der Waals surface area contributed by atoms with Gasteiger partial charge in [-0.1, -0.05) is 48.5 Å². The van der Waals surface area contributed by atoms with Crippen molar-refractivity contribution in [3.63, 3.8) is 0 Å². The number of methoxy groups -OCH3 is 1. The molecule has 2 aromatic carbocycles. The highest BCUT2D eigenvalue weighted by Crippen LogP contribution is 2.30. The lowest BCUT2D eigenvalue weighted by molar-refractivity contribution is -0.134. The summed E-state index contributed by atoms with van der Waals surface area (Å²) in [6.07, 6.45) is 2.41. The van der Waals surface area contributed by atoms with Crippen LogP contribution in [0, 0.1) is 0 Å². The number of para-hydroxylation sites is 1. The van der Waals surface area contributed by atoms with E-state index in [-0.39, 0.29) is 24.4 Å². The molecule has 5 heteroatoms. The quantitative estimate of drug-likeness (QED) is 0.839. The summed E-state index contributed by atoms with van der Waals surface area (Å²) >= 11 is 0. The van der Waals surface area contributed by atoms with E-state index in [9.17, 15) is 4.79 Å². The predicted molar refractivity (Wildman–Crippen MR) is 107 cm³/mol. The summed E-state index contributed by atoms with van der Waals surface area (Å²) in [7, 11) is 1.68. The summed E-state index contributed by atoms with van der Waals surface area (Å²) in [6, 6.07) is 18.4. The van der Waals surface area contributed by atoms with Gasteiger partial charge in [0.2, 0.25) is 5.91 Å². The van der Waals surface area contributed by atoms with Gasteiger partial charge in [0.15, 0.2) is 0 Å². The van der Waals surface area contributed by atoms with Gasteiger partial charge in [0.05, 0.1) is 13.2 Å². The van der Waals surface area contributed by atoms with Crippen molar-refractivity contribution < 1.29 is 9.53 Å². The molecule has 0 spiro atoms. The Morgan fingerprint density at radius 3 is 2.65 bits per heavy atom. The lowest BCUT2D eigenvalue weighted by Gasteiger charge is -2.37. The molecule has 1 N–H and O–H groups in total. The maximum Gasteiger partial charge on any atom is 0.223 e. The lowest BCUT2D eigenvalue weighted by Crippen LogP contribution is -2.48. The standard InChI is InChI=1S/C21H26N2O2.ClH/c1-25-20-12-6-5-11-18(20)19-16-22-14-15-23(19)21(24)13-7-10-17-8-3-2-4-9-17;/h2-6,8-9,11-12,19,22H,7,10,13-16H2,1H3;1H. The summed E-state index contributed by atoms with van der Waals surface area (Å²) < 4.78 is 5.50. The number of piperazine rings is 1. The Morgan fingerprint density at radius 2 is 1.88 bits per heavy atom. The first-order chi connectivity index (χ1) is 12.3. The smallest absolute Gasteiger partial charge is 0.223 e. The Balaban J connectivity index is 0.00000243. The molecule has 26 heavy (non-hydrogen) atoms. The Labute approximate surface area is 162 Å². The number of halogens is 1. The average Bonchev–Trinajstić information content (AvgIpc) is 2.68. The van der Waals surface area contributed by atoms with Crippen LogP contribution in [-0.2, 0) is 11.2 Å². The molecule has 0 aliphatic carbocycles. The lowest BCUT2D eigenvalue weighted by atomic mass is 10.0. The zero-order valence-electron chi connectivity index (χ0n) is 15.2. The molecule has 0 bridgehead atoms. The van der Waals surface area contributed by atoms with Crippen LogP contribution >= 0.6 is 12.4 Å². The molecular formula is C21H27ClN2O2. The minimum absolute atomic E-state index is 0. The summed E-state index contributed by atoms with van der Waals surface area (Å²) in [5.41, 5.74) is 2.37. The minimum Gasteiger partial charge on any atom is -0.496 e. The maximum absolute atomic E-state index is 12.8. The van der Waals surface area contributed by atoms with Crippen molar-refractivity contribution in [2.24, 2.45) is 0 Å². The highest BCUT2D eigenvalue weighted by atomic mass is 35.5. The van der Waals surface area contributed by atoms with Crippen LogP contribution in [0.4, 0.5) is 0 Å². The normalized spacial score (nSPS) is 16.7. The first-order valence-electron chi connectivity index (χ1n) is 8.96. The fraction of sp³-hybridized carbons (Fsp3) is 0.381. The minimum atomic E-state index is 0. The van der Waals surface area contributed by atoms with Crippen molar-refractivity contribution in [1.29, 1.82) is 0 Å². The second-order valence-corrected chi connectivity index (χ2v) is 6.39. The van der Waals surface area contributed by atoms with Crippen molar-refractivity contribution in [2.45, 2.75) is 25.3 Å². The number of carbonyl (C=O) groups excluding carboxylic acids is 1. The van der Waals surface area contributed by atoms with Gasteiger partial charge in [-0.15, -0.1) is 12.4 Å². The van der Waals surface area contributed by atoms with Crippen LogP contribution in [0.2, 0.25) is 0 Å². The van der Waals surface area contributed by atoms with Crippen LogP contribution in [0.15, 0.2) is 54.6 Å². The number of hydrogen-bond acceptors (Lipinski definition) is 3. The number of carbonyl (C=O) groups is 1. The highest BCUT2D eigenvalue weighted by molar-refractivity contribution is 5.85. The third kappa shape index (κ3) is 4.99. The first kappa shape index (κ1) is 20.3. The SMILES string of the molecule is COc1ccccc1C1CNCCN1C(=O)CCCc1ccccc1.Cl. The van der Waals surface area contributed by atoms with Crippen LogP contribution in [0.1, 0.15) is 30.0 Å². The molecule has 0 aromatic heterocycles. The molecule has 1 saturated heterocycles. The Hall–Kier alpha value is -2.04. The molecule has 3 rings (SSSR count). The first-order valence-corrected chi connectivity index (χ1v) is 8.96. The van der Waals surface area contributed by atoms with Crippen molar-refractivity contribution >= 4 is 18.3 Å². The molecule has 0 radical (unpaired) electrons. The van der Waals surface area contributed by atoms with E-state index in [0.29, 0.717) is 6.42 Å². The Morgan fingerprint density at radius 1 is 1.15 bits per heavy atom. The molecule has 1 heterocycles. The van der Waals surface area contributed by atoms with E-state index in [1.807, 2.05) is 41.3 Å². The largest absolute Gasteiger partial charge is 0.496 e. The molecular weight excluding hydrogens is 348 g/mol. The molecule has 2 aromatic rings. The van der Waals surface area contributed by atoms with Gasteiger partial charge in [-0.2, -0.15) is 0 Å². The number of nitrogens with zero attached hydrogens (tertiary/aromatic N) is 1. The zero-order valence-corrected chi connectivity index (χ0v) is 16.0. The van der Waals surface area contributed by atoms with Gasteiger partial charge in [0.1, 0.15) is 5.75 Å². The van der Waals surface area contributed by atoms with Gasteiger partial charge < -0.3 is 15.0 Å². The average molecular weight is 375 g/mol. The van der Waals surface area contributed by atoms with Gasteiger partial charge in [-0.25, -0.2) is 0 Å². The second-order valence-electron chi connectivity index (χ2n) is 6.39. The van der Waals surface area contributed by atoms with E-state index in [2.05, 4.69) is 23.5 Å². The van der Waals surface area contributed by atoms with E-state index >= 15 is 0 Å². The fourth-order valence-corrected chi connectivity index (χ4v) is 3.45. The molecule has 1 unspecified atom stereocenters. The van der Waals surface area contributed by atoms with Gasteiger partial charge in [-0.05, 0) is 24.5 Å². The maximum atomic E-state index is 12.8. The zero-order chi connectivity index (χ0) is 17.5. The summed E-state index contributed by atoms with van der Waals surface area (Å²) in [6.45, 7) is 2.35. The number of rotatable bonds is 6. The summed E-state index contributed by atoms with van der Waals surface area (Å²) in [5, 5.41) is 3.40. The van der Waals surface area contributed by atoms with Gasteiger partial charge in [0, 0.05) is 31.6 Å². The van der Waals surface area contributed by atoms with E-state index in [1.54, 1.807) is 7.11 Å². The fourth-order valence-electron chi connectivity index (χ4n) is 3.45. The molecule has 1 fully saturated rings. The summed E-state index contributed by atoms with van der Waals surface area (Å²) in [5.74, 6) is 1.08. The van der Waals surface area contributed by atoms with E-state index in [1.165, 1.54) is 5.56 Å². The number of benzene rings is 2. The van der Waals surface area contributed by atoms with Gasteiger partial charge in [0.25, 0.3) is 0 Å². The number of nitrogens with one attached hydrogen (secondary N) is 1. The molecule has 4 nitrogen and oxygen atoms in total. The van der Waals surface area contributed by atoms with E-state index in [4.69, 9.17) is 4.74 Å². The van der Waals surface area contributed by atoms with Crippen LogP contribution in [0.3, 0.4) is 0 Å². The number of ether oxygens (including phenoxy) is 1. The summed E-state index contributed by atoms with van der Waals surface area (Å²) in [4.78, 5) is 14.8. The van der Waals surface area contributed by atoms with Crippen LogP contribution < -0.4 is 10.1 Å². The van der Waals surface area contributed by atoms with Crippen molar-refractivity contribution in [2.75, 3.05) is 26.7 Å². The monoisotopic (exact) mass is 374 g/mol. The number of hydrogen-bond donors (Lipinski definition) is 1. The third-order valence-corrected chi connectivity index (χ3v) is 4.76. The Bertz CT molecular complexity index is 693. The van der Waals surface area contributed by atoms with Gasteiger partial charge >= 0.3 is 0 Å². The van der Waals surface area contributed by atoms with Crippen molar-refractivity contribution in [1.82, 2.24) is 10.2 Å². The van der Waals surface area contributed by atoms with E-state index < -0.39 is 0 Å². The molecule has 1 amide bonds. The third-order valence-electron chi connectivity index (χ3n) is 4.76. The van der Waals surface area contributed by atoms with Crippen molar-refractivity contribution in [3.8, 4) is 5.75 Å². The van der Waals surface area contributed by atoms with E-state index in [0.717, 1.165) is 43.8 Å². The highest BCUT2D eigenvalue weighted by Gasteiger charge is 2.29. The molecule has 0 saturated carbocycles. The molecule has 1 atom stereocenters. The topological polar surface area (TPSA) is 41.6 Å². The number of aryl methyl sites for hydroxylation is 1. The van der Waals surface area contributed by atoms with Crippen molar-refractivity contribution in [3.05, 3.63) is 65.7 Å².